The van der Waals surface area contributed by atoms with Gasteiger partial charge in [-0.3, -0.25) is 0 Å². The molecule has 1 aromatic rings. The third kappa shape index (κ3) is 3.31. The molecular weight excluding hydrogens is 267 g/mol. The van der Waals surface area contributed by atoms with Gasteiger partial charge in [0.1, 0.15) is 5.82 Å². The van der Waals surface area contributed by atoms with E-state index in [0.717, 1.165) is 24.3 Å². The fourth-order valence-electron chi connectivity index (χ4n) is 2.55. The third-order valence-electron chi connectivity index (χ3n) is 3.51. The number of hydrogen-bond donors (Lipinski definition) is 0. The van der Waals surface area contributed by atoms with Crippen LogP contribution in [0.2, 0.25) is 0 Å². The second kappa shape index (κ2) is 5.81. The van der Waals surface area contributed by atoms with Gasteiger partial charge in [0.05, 0.1) is 0 Å². The molecule has 16 heavy (non-hydrogen) atoms. The molecule has 0 spiro atoms. The molecule has 0 nitrogen and oxygen atoms in total. The molecule has 0 bridgehead atoms. The molecule has 0 N–H and O–H groups in total. The Balaban J connectivity index is 1.82. The van der Waals surface area contributed by atoms with Crippen molar-refractivity contribution in [3.05, 3.63) is 35.6 Å². The molecule has 0 aliphatic heterocycles. The molecule has 1 saturated carbocycles. The smallest absolute Gasteiger partial charge is 0.123 e. The van der Waals surface area contributed by atoms with E-state index in [4.69, 9.17) is 0 Å². The van der Waals surface area contributed by atoms with Gasteiger partial charge in [-0.1, -0.05) is 40.9 Å². The highest BCUT2D eigenvalue weighted by Gasteiger charge is 2.22. The summed E-state index contributed by atoms with van der Waals surface area (Å²) in [6.07, 6.45) is 7.58. The van der Waals surface area contributed by atoms with Crippen molar-refractivity contribution in [3.8, 4) is 0 Å². The first-order chi connectivity index (χ1) is 7.75. The lowest BCUT2D eigenvalue weighted by molar-refractivity contribution is 0.505. The highest BCUT2D eigenvalue weighted by Crippen LogP contribution is 2.33. The van der Waals surface area contributed by atoms with Crippen LogP contribution in [0.25, 0.3) is 0 Å². The molecule has 2 rings (SSSR count). The number of benzene rings is 1. The molecule has 1 unspecified atom stereocenters. The topological polar surface area (TPSA) is 0 Å². The van der Waals surface area contributed by atoms with Gasteiger partial charge in [-0.25, -0.2) is 4.39 Å². The van der Waals surface area contributed by atoms with E-state index >= 15 is 0 Å². The Morgan fingerprint density at radius 2 is 2.06 bits per heavy atom. The number of halogens is 2. The standard InChI is InChI=1S/C14H18BrF/c15-14(12-5-1-2-6-12)9-8-11-4-3-7-13(16)10-11/h3-4,7,10,12,14H,1-2,5-6,8-9H2. The van der Waals surface area contributed by atoms with E-state index in [1.165, 1.54) is 31.7 Å². The van der Waals surface area contributed by atoms with Crippen molar-refractivity contribution in [1.29, 1.82) is 0 Å². The van der Waals surface area contributed by atoms with Gasteiger partial charge in [0.25, 0.3) is 0 Å². The van der Waals surface area contributed by atoms with Crippen LogP contribution in [0.4, 0.5) is 4.39 Å². The van der Waals surface area contributed by atoms with Gasteiger partial charge < -0.3 is 0 Å². The fraction of sp³-hybridized carbons (Fsp3) is 0.571. The van der Waals surface area contributed by atoms with E-state index in [9.17, 15) is 4.39 Å². The van der Waals surface area contributed by atoms with Crippen LogP contribution in [0.1, 0.15) is 37.7 Å². The van der Waals surface area contributed by atoms with Crippen LogP contribution in [-0.4, -0.2) is 4.83 Å². The molecule has 1 atom stereocenters. The monoisotopic (exact) mass is 284 g/mol. The molecule has 1 aliphatic rings. The van der Waals surface area contributed by atoms with Crippen LogP contribution in [0, 0.1) is 11.7 Å². The predicted octanol–water partition coefficient (Wildman–Crippen LogP) is 4.71. The maximum absolute atomic E-state index is 13.0. The summed E-state index contributed by atoms with van der Waals surface area (Å²) in [5.74, 6) is 0.720. The van der Waals surface area contributed by atoms with Crippen molar-refractivity contribution in [1.82, 2.24) is 0 Å². The van der Waals surface area contributed by atoms with Crippen molar-refractivity contribution in [2.45, 2.75) is 43.4 Å². The zero-order chi connectivity index (χ0) is 11.4. The van der Waals surface area contributed by atoms with Crippen LogP contribution in [-0.2, 0) is 6.42 Å². The van der Waals surface area contributed by atoms with E-state index in [0.29, 0.717) is 4.83 Å². The lowest BCUT2D eigenvalue weighted by atomic mass is 9.98. The molecule has 0 heterocycles. The highest BCUT2D eigenvalue weighted by molar-refractivity contribution is 9.09. The molecule has 0 radical (unpaired) electrons. The summed E-state index contributed by atoms with van der Waals surface area (Å²) in [6, 6.07) is 6.96. The zero-order valence-electron chi connectivity index (χ0n) is 9.46. The number of hydrogen-bond acceptors (Lipinski definition) is 0. The average Bonchev–Trinajstić information content (AvgIpc) is 2.79. The minimum Gasteiger partial charge on any atom is -0.207 e. The zero-order valence-corrected chi connectivity index (χ0v) is 11.0. The maximum atomic E-state index is 13.0. The minimum atomic E-state index is -0.121. The average molecular weight is 285 g/mol. The quantitative estimate of drug-likeness (QED) is 0.703. The normalized spacial score (nSPS) is 18.9. The summed E-state index contributed by atoms with van der Waals surface area (Å²) in [4.78, 5) is 0.610. The third-order valence-corrected chi connectivity index (χ3v) is 4.71. The Morgan fingerprint density at radius 3 is 2.75 bits per heavy atom. The molecule has 0 saturated heterocycles. The van der Waals surface area contributed by atoms with Gasteiger partial charge in [-0.15, -0.1) is 0 Å². The Hall–Kier alpha value is -0.370. The first-order valence-corrected chi connectivity index (χ1v) is 7.06. The second-order valence-corrected chi connectivity index (χ2v) is 5.91. The van der Waals surface area contributed by atoms with Crippen molar-refractivity contribution in [2.75, 3.05) is 0 Å². The largest absolute Gasteiger partial charge is 0.207 e. The Bertz CT molecular complexity index is 331. The molecule has 1 aliphatic carbocycles. The van der Waals surface area contributed by atoms with Crippen molar-refractivity contribution in [2.24, 2.45) is 5.92 Å². The van der Waals surface area contributed by atoms with Crippen LogP contribution < -0.4 is 0 Å². The summed E-state index contributed by atoms with van der Waals surface area (Å²) in [7, 11) is 0. The predicted molar refractivity (Wildman–Crippen MR) is 69.4 cm³/mol. The molecular formula is C14H18BrF. The number of rotatable bonds is 4. The summed E-state index contributed by atoms with van der Waals surface area (Å²) in [6.45, 7) is 0. The summed E-state index contributed by atoms with van der Waals surface area (Å²) < 4.78 is 13.0. The van der Waals surface area contributed by atoms with E-state index in [2.05, 4.69) is 15.9 Å². The minimum absolute atomic E-state index is 0.121. The van der Waals surface area contributed by atoms with Gasteiger partial charge in [0.2, 0.25) is 0 Å². The van der Waals surface area contributed by atoms with E-state index in [-0.39, 0.29) is 5.82 Å². The summed E-state index contributed by atoms with van der Waals surface area (Å²) >= 11 is 3.79. The number of alkyl halides is 1. The van der Waals surface area contributed by atoms with Gasteiger partial charge in [0, 0.05) is 4.83 Å². The van der Waals surface area contributed by atoms with Crippen LogP contribution >= 0.6 is 15.9 Å². The van der Waals surface area contributed by atoms with Gasteiger partial charge in [0.15, 0.2) is 0 Å². The van der Waals surface area contributed by atoms with Crippen LogP contribution in [0.5, 0.6) is 0 Å². The fourth-order valence-corrected chi connectivity index (χ4v) is 3.31. The van der Waals surface area contributed by atoms with Crippen molar-refractivity contribution < 1.29 is 4.39 Å². The molecule has 0 amide bonds. The molecule has 1 fully saturated rings. The van der Waals surface area contributed by atoms with Crippen LogP contribution in [0.3, 0.4) is 0 Å². The second-order valence-electron chi connectivity index (χ2n) is 4.73. The lowest BCUT2D eigenvalue weighted by Gasteiger charge is -2.16. The molecule has 2 heteroatoms. The van der Waals surface area contributed by atoms with E-state index in [1.807, 2.05) is 6.07 Å². The van der Waals surface area contributed by atoms with Crippen molar-refractivity contribution >= 4 is 15.9 Å². The summed E-state index contributed by atoms with van der Waals surface area (Å²) in [5, 5.41) is 0. The van der Waals surface area contributed by atoms with Gasteiger partial charge in [-0.2, -0.15) is 0 Å². The molecule has 1 aromatic carbocycles. The first kappa shape index (κ1) is 12.1. The highest BCUT2D eigenvalue weighted by atomic mass is 79.9. The molecule has 0 aromatic heterocycles. The van der Waals surface area contributed by atoms with Crippen molar-refractivity contribution in [3.63, 3.8) is 0 Å². The Morgan fingerprint density at radius 1 is 1.31 bits per heavy atom. The Labute approximate surface area is 105 Å². The van der Waals surface area contributed by atoms with E-state index < -0.39 is 0 Å². The Kier molecular flexibility index (Phi) is 4.39. The summed E-state index contributed by atoms with van der Waals surface area (Å²) in [5.41, 5.74) is 1.11. The number of aryl methyl sites for hydroxylation is 1. The lowest BCUT2D eigenvalue weighted by Crippen LogP contribution is -2.11. The van der Waals surface area contributed by atoms with Crippen LogP contribution in [0.15, 0.2) is 24.3 Å². The maximum Gasteiger partial charge on any atom is 0.123 e. The van der Waals surface area contributed by atoms with E-state index in [1.54, 1.807) is 12.1 Å². The van der Waals surface area contributed by atoms with Gasteiger partial charge >= 0.3 is 0 Å². The first-order valence-electron chi connectivity index (χ1n) is 6.14. The van der Waals surface area contributed by atoms with Gasteiger partial charge in [-0.05, 0) is 49.3 Å². The molecule has 88 valence electrons. The SMILES string of the molecule is Fc1cccc(CCC(Br)C2CCCC2)c1.